The van der Waals surface area contributed by atoms with Gasteiger partial charge in [-0.2, -0.15) is 0 Å². The highest BCUT2D eigenvalue weighted by molar-refractivity contribution is 8.03. The summed E-state index contributed by atoms with van der Waals surface area (Å²) in [6.45, 7) is 1.94. The van der Waals surface area contributed by atoms with Crippen molar-refractivity contribution in [3.8, 4) is 5.75 Å². The molecule has 1 atom stereocenters. The maximum atomic E-state index is 12.4. The predicted molar refractivity (Wildman–Crippen MR) is 113 cm³/mol. The highest BCUT2D eigenvalue weighted by Crippen LogP contribution is 2.33. The molecule has 1 fully saturated rings. The predicted octanol–water partition coefficient (Wildman–Crippen LogP) is 4.77. The number of carbonyl (C=O) groups is 1. The lowest BCUT2D eigenvalue weighted by molar-refractivity contribution is -0.121. The van der Waals surface area contributed by atoms with Crippen LogP contribution in [0.3, 0.4) is 0 Å². The number of benzene rings is 1. The largest absolute Gasteiger partial charge is 0.497 e. The highest BCUT2D eigenvalue weighted by atomic mass is 32.2. The molecule has 1 amide bonds. The van der Waals surface area contributed by atoms with Crippen molar-refractivity contribution in [1.82, 2.24) is 15.5 Å². The van der Waals surface area contributed by atoms with Gasteiger partial charge in [0.15, 0.2) is 8.68 Å². The lowest BCUT2D eigenvalue weighted by Crippen LogP contribution is -2.40. The number of carbonyl (C=O) groups excluding carboxylic acids is 1. The van der Waals surface area contributed by atoms with Crippen molar-refractivity contribution in [1.29, 1.82) is 0 Å². The summed E-state index contributed by atoms with van der Waals surface area (Å²) >= 11 is 4.70. The summed E-state index contributed by atoms with van der Waals surface area (Å²) in [6, 6.07) is 8.38. The zero-order chi connectivity index (χ0) is 19.1. The van der Waals surface area contributed by atoms with Crippen LogP contribution in [0.1, 0.15) is 44.6 Å². The standard InChI is InChI=1S/C19H25N3O2S3/c1-13(17(23)20-15-6-4-3-5-7-15)26-19-22-21-18(27-19)25-12-14-8-10-16(24-2)11-9-14/h8-11,13,15H,3-7,12H2,1-2H3,(H,20,23)/t13-/m0/s1. The van der Waals surface area contributed by atoms with Crippen LogP contribution in [0.15, 0.2) is 32.9 Å². The third kappa shape index (κ3) is 6.40. The molecule has 8 heteroatoms. The second kappa shape index (κ2) is 10.3. The Morgan fingerprint density at radius 2 is 1.93 bits per heavy atom. The molecular weight excluding hydrogens is 398 g/mol. The Balaban J connectivity index is 1.45. The summed E-state index contributed by atoms with van der Waals surface area (Å²) in [5.74, 6) is 1.80. The van der Waals surface area contributed by atoms with E-state index in [9.17, 15) is 4.79 Å². The summed E-state index contributed by atoms with van der Waals surface area (Å²) in [5.41, 5.74) is 1.21. The molecule has 0 aliphatic heterocycles. The minimum atomic E-state index is -0.153. The molecule has 0 spiro atoms. The van der Waals surface area contributed by atoms with Crippen molar-refractivity contribution in [3.05, 3.63) is 29.8 Å². The molecule has 1 aliphatic carbocycles. The van der Waals surface area contributed by atoms with Gasteiger partial charge in [0.25, 0.3) is 0 Å². The van der Waals surface area contributed by atoms with E-state index < -0.39 is 0 Å². The molecule has 0 unspecified atom stereocenters. The monoisotopic (exact) mass is 423 g/mol. The number of nitrogens with one attached hydrogen (secondary N) is 1. The lowest BCUT2D eigenvalue weighted by atomic mass is 9.95. The number of amides is 1. The Morgan fingerprint density at radius 3 is 2.63 bits per heavy atom. The van der Waals surface area contributed by atoms with Crippen LogP contribution in [0.25, 0.3) is 0 Å². The third-order valence-corrected chi connectivity index (χ3v) is 7.82. The van der Waals surface area contributed by atoms with Crippen LogP contribution in [0.4, 0.5) is 0 Å². The van der Waals surface area contributed by atoms with Gasteiger partial charge < -0.3 is 10.1 Å². The van der Waals surface area contributed by atoms with Crippen LogP contribution >= 0.6 is 34.9 Å². The van der Waals surface area contributed by atoms with E-state index in [1.807, 2.05) is 19.1 Å². The second-order valence-electron chi connectivity index (χ2n) is 6.57. The minimum Gasteiger partial charge on any atom is -0.497 e. The van der Waals surface area contributed by atoms with Gasteiger partial charge in [-0.1, -0.05) is 66.3 Å². The van der Waals surface area contributed by atoms with Gasteiger partial charge in [-0.05, 0) is 37.5 Å². The fraction of sp³-hybridized carbons (Fsp3) is 0.526. The third-order valence-electron chi connectivity index (χ3n) is 4.51. The number of thioether (sulfide) groups is 2. The molecule has 27 heavy (non-hydrogen) atoms. The maximum absolute atomic E-state index is 12.4. The summed E-state index contributed by atoms with van der Waals surface area (Å²) in [6.07, 6.45) is 5.94. The normalized spacial score (nSPS) is 16.1. The molecule has 5 nitrogen and oxygen atoms in total. The fourth-order valence-corrected chi connectivity index (χ4v) is 6.07. The molecular formula is C19H25N3O2S3. The van der Waals surface area contributed by atoms with Crippen LogP contribution < -0.4 is 10.1 Å². The van der Waals surface area contributed by atoms with Crippen molar-refractivity contribution in [2.75, 3.05) is 7.11 Å². The Kier molecular flexibility index (Phi) is 7.84. The number of aromatic nitrogens is 2. The average Bonchev–Trinajstić information content (AvgIpc) is 3.15. The second-order valence-corrected chi connectivity index (χ2v) is 10.4. The number of hydrogen-bond acceptors (Lipinski definition) is 7. The molecule has 1 aromatic heterocycles. The fourth-order valence-electron chi connectivity index (χ4n) is 2.94. The zero-order valence-corrected chi connectivity index (χ0v) is 18.1. The first-order chi connectivity index (χ1) is 13.1. The summed E-state index contributed by atoms with van der Waals surface area (Å²) in [7, 11) is 1.67. The van der Waals surface area contributed by atoms with Gasteiger partial charge in [0, 0.05) is 11.8 Å². The van der Waals surface area contributed by atoms with Gasteiger partial charge >= 0.3 is 0 Å². The SMILES string of the molecule is COc1ccc(CSc2nnc(S[C@@H](C)C(=O)NC3CCCCC3)s2)cc1. The van der Waals surface area contributed by atoms with E-state index in [2.05, 4.69) is 27.6 Å². The number of nitrogens with zero attached hydrogens (tertiary/aromatic N) is 2. The van der Waals surface area contributed by atoms with Crippen LogP contribution in [-0.2, 0) is 10.5 Å². The molecule has 1 aromatic carbocycles. The average molecular weight is 424 g/mol. The van der Waals surface area contributed by atoms with Crippen LogP contribution in [0, 0.1) is 0 Å². The van der Waals surface area contributed by atoms with Crippen LogP contribution in [0.5, 0.6) is 5.75 Å². The van der Waals surface area contributed by atoms with E-state index in [1.165, 1.54) is 36.6 Å². The molecule has 1 aliphatic rings. The minimum absolute atomic E-state index is 0.106. The van der Waals surface area contributed by atoms with Crippen molar-refractivity contribution < 1.29 is 9.53 Å². The first kappa shape index (κ1) is 20.5. The Morgan fingerprint density at radius 1 is 1.22 bits per heavy atom. The van der Waals surface area contributed by atoms with Crippen LogP contribution in [-0.4, -0.2) is 34.5 Å². The smallest absolute Gasteiger partial charge is 0.233 e. The van der Waals surface area contributed by atoms with Crippen LogP contribution in [0.2, 0.25) is 0 Å². The van der Waals surface area contributed by atoms with Crippen molar-refractivity contribution in [2.24, 2.45) is 0 Å². The Hall–Kier alpha value is -1.25. The Labute approximate surface area is 173 Å². The van der Waals surface area contributed by atoms with Gasteiger partial charge in [-0.25, -0.2) is 0 Å². The zero-order valence-electron chi connectivity index (χ0n) is 15.6. The maximum Gasteiger partial charge on any atom is 0.233 e. The van der Waals surface area contributed by atoms with Crippen molar-refractivity contribution in [2.45, 2.75) is 64.8 Å². The molecule has 146 valence electrons. The molecule has 0 saturated heterocycles. The van der Waals surface area contributed by atoms with E-state index in [-0.39, 0.29) is 11.2 Å². The van der Waals surface area contributed by atoms with Gasteiger partial charge in [-0.15, -0.1) is 10.2 Å². The molecule has 1 heterocycles. The van der Waals surface area contributed by atoms with E-state index in [1.54, 1.807) is 30.2 Å². The van der Waals surface area contributed by atoms with Gasteiger partial charge in [0.2, 0.25) is 5.91 Å². The number of ether oxygens (including phenoxy) is 1. The molecule has 2 aromatic rings. The van der Waals surface area contributed by atoms with Crippen molar-refractivity contribution in [3.63, 3.8) is 0 Å². The number of methoxy groups -OCH3 is 1. The molecule has 0 bridgehead atoms. The van der Waals surface area contributed by atoms with E-state index in [0.29, 0.717) is 6.04 Å². The highest BCUT2D eigenvalue weighted by Gasteiger charge is 2.21. The molecule has 3 rings (SSSR count). The molecule has 1 saturated carbocycles. The summed E-state index contributed by atoms with van der Waals surface area (Å²) in [5, 5.41) is 11.5. The lowest BCUT2D eigenvalue weighted by Gasteiger charge is -2.24. The topological polar surface area (TPSA) is 64.1 Å². The van der Waals surface area contributed by atoms with Crippen molar-refractivity contribution >= 4 is 40.8 Å². The Bertz CT molecular complexity index is 730. The van der Waals surface area contributed by atoms with Gasteiger partial charge in [-0.3, -0.25) is 4.79 Å². The summed E-state index contributed by atoms with van der Waals surface area (Å²) < 4.78 is 6.95. The van der Waals surface area contributed by atoms with Gasteiger partial charge in [0.1, 0.15) is 5.75 Å². The van der Waals surface area contributed by atoms with E-state index in [0.717, 1.165) is 33.0 Å². The number of hydrogen-bond donors (Lipinski definition) is 1. The molecule has 0 radical (unpaired) electrons. The van der Waals surface area contributed by atoms with E-state index >= 15 is 0 Å². The first-order valence-corrected chi connectivity index (χ1v) is 11.9. The first-order valence-electron chi connectivity index (χ1n) is 9.20. The van der Waals surface area contributed by atoms with E-state index in [4.69, 9.17) is 4.74 Å². The quantitative estimate of drug-likeness (QED) is 0.617. The number of rotatable bonds is 8. The summed E-state index contributed by atoms with van der Waals surface area (Å²) in [4.78, 5) is 12.4. The van der Waals surface area contributed by atoms with Gasteiger partial charge in [0.05, 0.1) is 12.4 Å². The molecule has 1 N–H and O–H groups in total.